The summed E-state index contributed by atoms with van der Waals surface area (Å²) in [7, 11) is 0. The van der Waals surface area contributed by atoms with Gasteiger partial charge in [0.15, 0.2) is 11.5 Å². The van der Waals surface area contributed by atoms with Crippen LogP contribution in [0.2, 0.25) is 0 Å². The van der Waals surface area contributed by atoms with Crippen molar-refractivity contribution < 1.29 is 19.1 Å². The third-order valence-electron chi connectivity index (χ3n) is 3.78. The summed E-state index contributed by atoms with van der Waals surface area (Å²) in [6.45, 7) is 2.92. The number of amides is 2. The van der Waals surface area contributed by atoms with Crippen LogP contribution in [0.25, 0.3) is 0 Å². The Labute approximate surface area is 151 Å². The monoisotopic (exact) mass is 355 g/mol. The molecule has 0 spiro atoms. The molecule has 0 fully saturated rings. The van der Waals surface area contributed by atoms with E-state index in [1.165, 1.54) is 6.92 Å². The molecule has 1 heterocycles. The molecule has 0 saturated carbocycles. The molecule has 0 unspecified atom stereocenters. The van der Waals surface area contributed by atoms with E-state index in [9.17, 15) is 9.59 Å². The zero-order valence-corrected chi connectivity index (χ0v) is 14.5. The molecule has 2 aromatic carbocycles. The van der Waals surface area contributed by atoms with Crippen molar-refractivity contribution in [2.45, 2.75) is 19.9 Å². The second-order valence-corrected chi connectivity index (χ2v) is 5.92. The zero-order valence-electron chi connectivity index (χ0n) is 14.5. The Hall–Kier alpha value is -3.06. The van der Waals surface area contributed by atoms with Crippen LogP contribution < -0.4 is 25.4 Å². The van der Waals surface area contributed by atoms with Gasteiger partial charge in [0.1, 0.15) is 0 Å². The SMILES string of the molecule is CC(=O)Nc1ccc(NC(=O)CCNCc2ccc3c(c2)OCO3)cc1. The lowest BCUT2D eigenvalue weighted by atomic mass is 10.2. The third-order valence-corrected chi connectivity index (χ3v) is 3.78. The summed E-state index contributed by atoms with van der Waals surface area (Å²) >= 11 is 0. The maximum absolute atomic E-state index is 12.0. The molecule has 3 N–H and O–H groups in total. The number of hydrogen-bond donors (Lipinski definition) is 3. The van der Waals surface area contributed by atoms with Crippen LogP contribution in [0.1, 0.15) is 18.9 Å². The summed E-state index contributed by atoms with van der Waals surface area (Å²) in [6.07, 6.45) is 0.359. The van der Waals surface area contributed by atoms with Gasteiger partial charge < -0.3 is 25.4 Å². The van der Waals surface area contributed by atoms with Crippen molar-refractivity contribution in [3.8, 4) is 11.5 Å². The minimum Gasteiger partial charge on any atom is -0.454 e. The predicted molar refractivity (Wildman–Crippen MR) is 98.3 cm³/mol. The number of carbonyl (C=O) groups is 2. The fourth-order valence-corrected chi connectivity index (χ4v) is 2.55. The highest BCUT2D eigenvalue weighted by atomic mass is 16.7. The fourth-order valence-electron chi connectivity index (χ4n) is 2.55. The number of carbonyl (C=O) groups excluding carboxylic acids is 2. The van der Waals surface area contributed by atoms with Crippen molar-refractivity contribution in [2.24, 2.45) is 0 Å². The number of fused-ring (bicyclic) bond motifs is 1. The topological polar surface area (TPSA) is 88.7 Å². The molecule has 2 amide bonds. The van der Waals surface area contributed by atoms with Crippen LogP contribution in [0.5, 0.6) is 11.5 Å². The molecule has 0 aromatic heterocycles. The average molecular weight is 355 g/mol. The first kappa shape index (κ1) is 17.8. The summed E-state index contributed by atoms with van der Waals surface area (Å²) in [6, 6.07) is 12.8. The highest BCUT2D eigenvalue weighted by Crippen LogP contribution is 2.32. The predicted octanol–water partition coefficient (Wildman–Crippen LogP) is 2.49. The molecular formula is C19H21N3O4. The van der Waals surface area contributed by atoms with E-state index in [1.54, 1.807) is 24.3 Å². The molecule has 7 nitrogen and oxygen atoms in total. The Morgan fingerprint density at radius 3 is 2.38 bits per heavy atom. The first-order chi connectivity index (χ1) is 12.6. The van der Waals surface area contributed by atoms with Crippen molar-refractivity contribution in [3.05, 3.63) is 48.0 Å². The van der Waals surface area contributed by atoms with Crippen LogP contribution in [-0.2, 0) is 16.1 Å². The van der Waals surface area contributed by atoms with Gasteiger partial charge in [-0.25, -0.2) is 0 Å². The van der Waals surface area contributed by atoms with Crippen molar-refractivity contribution in [1.82, 2.24) is 5.32 Å². The highest BCUT2D eigenvalue weighted by Gasteiger charge is 2.12. The zero-order chi connectivity index (χ0) is 18.4. The summed E-state index contributed by atoms with van der Waals surface area (Å²) in [5.41, 5.74) is 2.46. The highest BCUT2D eigenvalue weighted by molar-refractivity contribution is 5.92. The summed E-state index contributed by atoms with van der Waals surface area (Å²) in [5, 5.41) is 8.74. The maximum atomic E-state index is 12.0. The Balaban J connectivity index is 1.38. The number of ether oxygens (including phenoxy) is 2. The van der Waals surface area contributed by atoms with Gasteiger partial charge >= 0.3 is 0 Å². The quantitative estimate of drug-likeness (QED) is 0.664. The van der Waals surface area contributed by atoms with E-state index < -0.39 is 0 Å². The van der Waals surface area contributed by atoms with E-state index in [-0.39, 0.29) is 18.6 Å². The van der Waals surface area contributed by atoms with E-state index in [0.717, 1.165) is 17.1 Å². The molecule has 0 atom stereocenters. The minimum atomic E-state index is -0.129. The lowest BCUT2D eigenvalue weighted by Gasteiger charge is -2.08. The molecule has 0 bridgehead atoms. The molecule has 2 aromatic rings. The van der Waals surface area contributed by atoms with Crippen molar-refractivity contribution in [1.29, 1.82) is 0 Å². The Bertz CT molecular complexity index is 790. The molecule has 26 heavy (non-hydrogen) atoms. The first-order valence-corrected chi connectivity index (χ1v) is 8.37. The fraction of sp³-hybridized carbons (Fsp3) is 0.263. The number of rotatable bonds is 7. The lowest BCUT2D eigenvalue weighted by molar-refractivity contribution is -0.116. The molecule has 7 heteroatoms. The first-order valence-electron chi connectivity index (χ1n) is 8.37. The molecule has 0 aliphatic carbocycles. The van der Waals surface area contributed by atoms with Gasteiger partial charge in [0, 0.05) is 37.8 Å². The normalized spacial score (nSPS) is 11.9. The maximum Gasteiger partial charge on any atom is 0.231 e. The van der Waals surface area contributed by atoms with Gasteiger partial charge in [-0.1, -0.05) is 6.07 Å². The standard InChI is InChI=1S/C19H21N3O4/c1-13(23)21-15-3-5-16(6-4-15)22-19(24)8-9-20-11-14-2-7-17-18(10-14)26-12-25-17/h2-7,10,20H,8-9,11-12H2,1H3,(H,21,23)(H,22,24). The van der Waals surface area contributed by atoms with Gasteiger partial charge in [-0.3, -0.25) is 9.59 Å². The van der Waals surface area contributed by atoms with Crippen LogP contribution in [0.3, 0.4) is 0 Å². The lowest BCUT2D eigenvalue weighted by Crippen LogP contribution is -2.21. The molecular weight excluding hydrogens is 334 g/mol. The average Bonchev–Trinajstić information content (AvgIpc) is 3.08. The van der Waals surface area contributed by atoms with Gasteiger partial charge in [0.05, 0.1) is 0 Å². The minimum absolute atomic E-state index is 0.0736. The summed E-state index contributed by atoms with van der Waals surface area (Å²) in [4.78, 5) is 23.0. The van der Waals surface area contributed by atoms with Gasteiger partial charge in [-0.05, 0) is 42.0 Å². The van der Waals surface area contributed by atoms with E-state index in [0.29, 0.717) is 30.9 Å². The van der Waals surface area contributed by atoms with Crippen LogP contribution in [-0.4, -0.2) is 25.2 Å². The van der Waals surface area contributed by atoms with Crippen LogP contribution >= 0.6 is 0 Å². The number of benzene rings is 2. The number of anilines is 2. The van der Waals surface area contributed by atoms with Gasteiger partial charge in [0.25, 0.3) is 0 Å². The van der Waals surface area contributed by atoms with E-state index in [2.05, 4.69) is 16.0 Å². The molecule has 0 radical (unpaired) electrons. The smallest absolute Gasteiger partial charge is 0.231 e. The summed E-state index contributed by atoms with van der Waals surface area (Å²) < 4.78 is 10.6. The second kappa shape index (κ2) is 8.35. The van der Waals surface area contributed by atoms with Crippen molar-refractivity contribution in [3.63, 3.8) is 0 Å². The molecule has 136 valence electrons. The molecule has 0 saturated heterocycles. The second-order valence-electron chi connectivity index (χ2n) is 5.92. The molecule has 1 aliphatic heterocycles. The molecule has 1 aliphatic rings. The van der Waals surface area contributed by atoms with Gasteiger partial charge in [-0.2, -0.15) is 0 Å². The largest absolute Gasteiger partial charge is 0.454 e. The Morgan fingerprint density at radius 2 is 1.65 bits per heavy atom. The van der Waals surface area contributed by atoms with Gasteiger partial charge in [0.2, 0.25) is 18.6 Å². The van der Waals surface area contributed by atoms with Crippen LogP contribution in [0.4, 0.5) is 11.4 Å². The van der Waals surface area contributed by atoms with E-state index in [4.69, 9.17) is 9.47 Å². The van der Waals surface area contributed by atoms with E-state index in [1.807, 2.05) is 18.2 Å². The molecule has 3 rings (SSSR count). The van der Waals surface area contributed by atoms with E-state index >= 15 is 0 Å². The summed E-state index contributed by atoms with van der Waals surface area (Å²) in [5.74, 6) is 1.31. The van der Waals surface area contributed by atoms with Crippen molar-refractivity contribution in [2.75, 3.05) is 24.0 Å². The Kier molecular flexibility index (Phi) is 5.70. The van der Waals surface area contributed by atoms with Crippen LogP contribution in [0, 0.1) is 0 Å². The van der Waals surface area contributed by atoms with Gasteiger partial charge in [-0.15, -0.1) is 0 Å². The number of hydrogen-bond acceptors (Lipinski definition) is 5. The van der Waals surface area contributed by atoms with Crippen molar-refractivity contribution >= 4 is 23.2 Å². The third kappa shape index (κ3) is 4.97. The van der Waals surface area contributed by atoms with Crippen LogP contribution in [0.15, 0.2) is 42.5 Å². The Morgan fingerprint density at radius 1 is 0.962 bits per heavy atom. The number of nitrogens with one attached hydrogen (secondary N) is 3.